The van der Waals surface area contributed by atoms with Gasteiger partial charge in [-0.25, -0.2) is 4.79 Å². The molecule has 0 bridgehead atoms. The van der Waals surface area contributed by atoms with E-state index in [4.69, 9.17) is 20.3 Å². The van der Waals surface area contributed by atoms with Crippen LogP contribution in [0.25, 0.3) is 0 Å². The van der Waals surface area contributed by atoms with Crippen molar-refractivity contribution in [1.29, 1.82) is 0 Å². The molecule has 1 rings (SSSR count). The number of benzene rings is 1. The van der Waals surface area contributed by atoms with Crippen LogP contribution in [0.1, 0.15) is 0 Å². The molecule has 0 aliphatic rings. The summed E-state index contributed by atoms with van der Waals surface area (Å²) in [6.45, 7) is -0.302. The molecule has 1 aromatic carbocycles. The predicted octanol–water partition coefficient (Wildman–Crippen LogP) is 0.394. The highest BCUT2D eigenvalue weighted by molar-refractivity contribution is 5.73. The fourth-order valence-electron chi connectivity index (χ4n) is 1.22. The topological polar surface area (TPSA) is 125 Å². The Kier molecular flexibility index (Phi) is 4.44. The Bertz CT molecular complexity index is 462. The van der Waals surface area contributed by atoms with Gasteiger partial charge in [-0.2, -0.15) is 0 Å². The van der Waals surface area contributed by atoms with Gasteiger partial charge in [0.2, 0.25) is 11.9 Å². The van der Waals surface area contributed by atoms with Gasteiger partial charge in [-0.1, -0.05) is 0 Å². The Balaban J connectivity index is 3.11. The van der Waals surface area contributed by atoms with Gasteiger partial charge in [-0.15, -0.1) is 0 Å². The van der Waals surface area contributed by atoms with Gasteiger partial charge in [0.25, 0.3) is 0 Å². The SMILES string of the molecule is COc1ccc([N+](=O)[O-])c(OC(CN)C(=O)O)c1. The molecule has 0 saturated heterocycles. The number of ether oxygens (including phenoxy) is 2. The second-order valence-corrected chi connectivity index (χ2v) is 3.27. The molecule has 1 atom stereocenters. The number of carboxylic acids is 1. The standard InChI is InChI=1S/C10H12N2O6/c1-17-6-2-3-7(12(15)16)8(4-6)18-9(5-11)10(13)14/h2-4,9H,5,11H2,1H3,(H,13,14). The first-order valence-corrected chi connectivity index (χ1v) is 4.91. The molecule has 0 aliphatic heterocycles. The molecule has 8 nitrogen and oxygen atoms in total. The fourth-order valence-corrected chi connectivity index (χ4v) is 1.22. The number of aliphatic carboxylic acids is 1. The number of carboxylic acid groups (broad SMARTS) is 1. The quantitative estimate of drug-likeness (QED) is 0.557. The minimum absolute atomic E-state index is 0.197. The number of carbonyl (C=O) groups is 1. The summed E-state index contributed by atoms with van der Waals surface area (Å²) >= 11 is 0. The van der Waals surface area contributed by atoms with E-state index in [0.29, 0.717) is 5.75 Å². The van der Waals surface area contributed by atoms with E-state index in [-0.39, 0.29) is 18.0 Å². The van der Waals surface area contributed by atoms with Gasteiger partial charge in [-0.3, -0.25) is 10.1 Å². The fraction of sp³-hybridized carbons (Fsp3) is 0.300. The smallest absolute Gasteiger partial charge is 0.346 e. The highest BCUT2D eigenvalue weighted by atomic mass is 16.6. The Morgan fingerprint density at radius 2 is 2.28 bits per heavy atom. The first-order chi connectivity index (χ1) is 8.49. The van der Waals surface area contributed by atoms with Gasteiger partial charge >= 0.3 is 11.7 Å². The summed E-state index contributed by atoms with van der Waals surface area (Å²) in [6, 6.07) is 3.79. The lowest BCUT2D eigenvalue weighted by molar-refractivity contribution is -0.386. The summed E-state index contributed by atoms with van der Waals surface area (Å²) in [4.78, 5) is 20.9. The van der Waals surface area contributed by atoms with Crippen molar-refractivity contribution in [3.05, 3.63) is 28.3 Å². The molecule has 8 heteroatoms. The van der Waals surface area contributed by atoms with E-state index in [0.717, 1.165) is 0 Å². The molecule has 0 radical (unpaired) electrons. The zero-order valence-electron chi connectivity index (χ0n) is 9.53. The van der Waals surface area contributed by atoms with E-state index in [9.17, 15) is 14.9 Å². The van der Waals surface area contributed by atoms with Crippen LogP contribution in [0.5, 0.6) is 11.5 Å². The van der Waals surface area contributed by atoms with Crippen LogP contribution in [0, 0.1) is 10.1 Å². The molecule has 1 aromatic rings. The highest BCUT2D eigenvalue weighted by Crippen LogP contribution is 2.31. The summed E-state index contributed by atoms with van der Waals surface area (Å²) in [7, 11) is 1.38. The van der Waals surface area contributed by atoms with Crippen molar-refractivity contribution in [2.75, 3.05) is 13.7 Å². The van der Waals surface area contributed by atoms with Crippen LogP contribution in [0.15, 0.2) is 18.2 Å². The number of nitro benzene ring substituents is 1. The molecule has 0 heterocycles. The van der Waals surface area contributed by atoms with Gasteiger partial charge in [0.1, 0.15) is 5.75 Å². The summed E-state index contributed by atoms with van der Waals surface area (Å²) in [5.41, 5.74) is 4.86. The first-order valence-electron chi connectivity index (χ1n) is 4.91. The van der Waals surface area contributed by atoms with Crippen LogP contribution in [-0.4, -0.2) is 35.8 Å². The summed E-state index contributed by atoms with van der Waals surface area (Å²) < 4.78 is 9.90. The third kappa shape index (κ3) is 3.08. The van der Waals surface area contributed by atoms with Crippen LogP contribution in [0.4, 0.5) is 5.69 Å². The van der Waals surface area contributed by atoms with Crippen LogP contribution >= 0.6 is 0 Å². The lowest BCUT2D eigenvalue weighted by atomic mass is 10.2. The van der Waals surface area contributed by atoms with Gasteiger partial charge < -0.3 is 20.3 Å². The van der Waals surface area contributed by atoms with Crippen molar-refractivity contribution < 1.29 is 24.3 Å². The maximum absolute atomic E-state index is 10.8. The summed E-state index contributed by atoms with van der Waals surface area (Å²) in [5, 5.41) is 19.6. The van der Waals surface area contributed by atoms with E-state index in [1.165, 1.54) is 25.3 Å². The van der Waals surface area contributed by atoms with E-state index < -0.39 is 17.0 Å². The maximum Gasteiger partial charge on any atom is 0.346 e. The molecule has 0 amide bonds. The number of hydrogen-bond acceptors (Lipinski definition) is 6. The molecule has 0 spiro atoms. The van der Waals surface area contributed by atoms with Crippen molar-refractivity contribution in [3.63, 3.8) is 0 Å². The normalized spacial score (nSPS) is 11.7. The van der Waals surface area contributed by atoms with Crippen molar-refractivity contribution >= 4 is 11.7 Å². The van der Waals surface area contributed by atoms with Crippen molar-refractivity contribution in [2.45, 2.75) is 6.10 Å². The molecule has 0 saturated carbocycles. The van der Waals surface area contributed by atoms with Gasteiger partial charge in [0.15, 0.2) is 0 Å². The lowest BCUT2D eigenvalue weighted by Crippen LogP contribution is -2.34. The van der Waals surface area contributed by atoms with Crippen LogP contribution in [0.2, 0.25) is 0 Å². The Labute approximate surface area is 102 Å². The molecular weight excluding hydrogens is 244 g/mol. The van der Waals surface area contributed by atoms with Gasteiger partial charge in [-0.05, 0) is 6.07 Å². The summed E-state index contributed by atoms with van der Waals surface area (Å²) in [6.07, 6.45) is -1.35. The first kappa shape index (κ1) is 13.7. The largest absolute Gasteiger partial charge is 0.497 e. The van der Waals surface area contributed by atoms with Gasteiger partial charge in [0, 0.05) is 18.7 Å². The zero-order chi connectivity index (χ0) is 13.7. The van der Waals surface area contributed by atoms with Crippen molar-refractivity contribution in [1.82, 2.24) is 0 Å². The van der Waals surface area contributed by atoms with E-state index in [1.807, 2.05) is 0 Å². The Morgan fingerprint density at radius 3 is 2.72 bits per heavy atom. The average molecular weight is 256 g/mol. The Morgan fingerprint density at radius 1 is 1.61 bits per heavy atom. The molecule has 1 unspecified atom stereocenters. The van der Waals surface area contributed by atoms with Crippen LogP contribution in [-0.2, 0) is 4.79 Å². The predicted molar refractivity (Wildman–Crippen MR) is 60.8 cm³/mol. The van der Waals surface area contributed by atoms with E-state index in [1.54, 1.807) is 0 Å². The molecular formula is C10H12N2O6. The number of nitro groups is 1. The Hall–Kier alpha value is -2.35. The molecule has 0 aromatic heterocycles. The number of nitrogens with two attached hydrogens (primary N) is 1. The monoisotopic (exact) mass is 256 g/mol. The van der Waals surface area contributed by atoms with E-state index >= 15 is 0 Å². The third-order valence-electron chi connectivity index (χ3n) is 2.12. The second kappa shape index (κ2) is 5.82. The molecule has 3 N–H and O–H groups in total. The van der Waals surface area contributed by atoms with Crippen LogP contribution < -0.4 is 15.2 Å². The minimum atomic E-state index is -1.35. The molecule has 18 heavy (non-hydrogen) atoms. The van der Waals surface area contributed by atoms with Crippen molar-refractivity contribution in [2.24, 2.45) is 5.73 Å². The van der Waals surface area contributed by atoms with Crippen LogP contribution in [0.3, 0.4) is 0 Å². The zero-order valence-corrected chi connectivity index (χ0v) is 9.53. The number of methoxy groups -OCH3 is 1. The molecule has 0 fully saturated rings. The average Bonchev–Trinajstić information content (AvgIpc) is 2.34. The molecule has 0 aliphatic carbocycles. The lowest BCUT2D eigenvalue weighted by Gasteiger charge is -2.13. The van der Waals surface area contributed by atoms with Gasteiger partial charge in [0.05, 0.1) is 12.0 Å². The number of rotatable bonds is 6. The number of nitrogens with zero attached hydrogens (tertiary/aromatic N) is 1. The molecule has 98 valence electrons. The second-order valence-electron chi connectivity index (χ2n) is 3.27. The highest BCUT2D eigenvalue weighted by Gasteiger charge is 2.23. The van der Waals surface area contributed by atoms with E-state index in [2.05, 4.69) is 0 Å². The van der Waals surface area contributed by atoms with Crippen molar-refractivity contribution in [3.8, 4) is 11.5 Å². The third-order valence-corrected chi connectivity index (χ3v) is 2.12. The maximum atomic E-state index is 10.8. The minimum Gasteiger partial charge on any atom is -0.497 e. The summed E-state index contributed by atoms with van der Waals surface area (Å²) in [5.74, 6) is -1.18. The number of hydrogen-bond donors (Lipinski definition) is 2.